The van der Waals surface area contributed by atoms with Gasteiger partial charge in [0.15, 0.2) is 5.82 Å². The molecule has 0 aliphatic carbocycles. The Balaban J connectivity index is 1.86. The van der Waals surface area contributed by atoms with Crippen LogP contribution in [0.15, 0.2) is 0 Å². The second kappa shape index (κ2) is 7.72. The number of hydrogen-bond acceptors (Lipinski definition) is 6. The fourth-order valence-corrected chi connectivity index (χ4v) is 2.82. The number of carbonyl (C=O) groups excluding carboxylic acids is 1. The minimum absolute atomic E-state index is 0.201. The van der Waals surface area contributed by atoms with E-state index in [1.807, 2.05) is 25.7 Å². The molecule has 1 amide bonds. The molecule has 0 spiro atoms. The summed E-state index contributed by atoms with van der Waals surface area (Å²) in [6.45, 7) is 9.16. The van der Waals surface area contributed by atoms with Gasteiger partial charge in [0, 0.05) is 18.6 Å². The summed E-state index contributed by atoms with van der Waals surface area (Å²) in [6.07, 6.45) is 3.90. The quantitative estimate of drug-likeness (QED) is 0.858. The number of nitrogens with one attached hydrogen (secondary N) is 2. The lowest BCUT2D eigenvalue weighted by Crippen LogP contribution is -2.48. The minimum Gasteiger partial charge on any atom is -0.444 e. The summed E-state index contributed by atoms with van der Waals surface area (Å²) < 4.78 is 5.54. The topological polar surface area (TPSA) is 96.0 Å². The van der Waals surface area contributed by atoms with E-state index < -0.39 is 5.60 Å². The number of rotatable bonds is 5. The molecule has 0 bridgehead atoms. The Morgan fingerprint density at radius 1 is 1.48 bits per heavy atom. The first kappa shape index (κ1) is 17.7. The van der Waals surface area contributed by atoms with Gasteiger partial charge in [-0.05, 0) is 53.4 Å². The van der Waals surface area contributed by atoms with Crippen LogP contribution in [0, 0.1) is 0 Å². The number of aromatic nitrogens is 4. The highest BCUT2D eigenvalue weighted by atomic mass is 16.6. The average Bonchev–Trinajstić information content (AvgIpc) is 2.97. The van der Waals surface area contributed by atoms with Gasteiger partial charge in [0.05, 0.1) is 6.54 Å². The molecule has 2 atom stereocenters. The normalized spacial score (nSPS) is 20.3. The number of piperidine rings is 1. The molecule has 1 fully saturated rings. The van der Waals surface area contributed by atoms with Crippen molar-refractivity contribution < 1.29 is 9.53 Å². The molecule has 2 rings (SSSR count). The standard InChI is InChI=1S/C15H28N6O2/c1-11(16-10-13-17-19-20-18-13)9-12-7-5-6-8-21(12)14(22)23-15(2,3)4/h11-12,16H,5-10H2,1-4H3,(H,17,18,19,20). The summed E-state index contributed by atoms with van der Waals surface area (Å²) in [7, 11) is 0. The zero-order valence-electron chi connectivity index (χ0n) is 14.5. The molecule has 0 aromatic carbocycles. The van der Waals surface area contributed by atoms with E-state index in [4.69, 9.17) is 4.74 Å². The second-order valence-corrected chi connectivity index (χ2v) is 7.17. The van der Waals surface area contributed by atoms with Crippen molar-refractivity contribution in [3.05, 3.63) is 5.82 Å². The van der Waals surface area contributed by atoms with Gasteiger partial charge in [0.25, 0.3) is 0 Å². The summed E-state index contributed by atoms with van der Waals surface area (Å²) in [5, 5.41) is 17.2. The van der Waals surface area contributed by atoms with Crippen LogP contribution in [0.25, 0.3) is 0 Å². The number of hydrogen-bond donors (Lipinski definition) is 2. The molecule has 1 saturated heterocycles. The van der Waals surface area contributed by atoms with Crippen LogP contribution in [0.5, 0.6) is 0 Å². The molecule has 8 heteroatoms. The maximum absolute atomic E-state index is 12.4. The van der Waals surface area contributed by atoms with E-state index in [1.54, 1.807) is 0 Å². The third-order valence-electron chi connectivity index (χ3n) is 3.88. The van der Waals surface area contributed by atoms with Gasteiger partial charge in [-0.2, -0.15) is 5.21 Å². The van der Waals surface area contributed by atoms with E-state index in [0.717, 1.165) is 32.2 Å². The van der Waals surface area contributed by atoms with Gasteiger partial charge in [0.2, 0.25) is 0 Å². The lowest BCUT2D eigenvalue weighted by Gasteiger charge is -2.38. The van der Waals surface area contributed by atoms with E-state index in [-0.39, 0.29) is 18.2 Å². The van der Waals surface area contributed by atoms with Gasteiger partial charge in [-0.15, -0.1) is 10.2 Å². The van der Waals surface area contributed by atoms with Crippen LogP contribution in [0.3, 0.4) is 0 Å². The number of tetrazole rings is 1. The first-order valence-corrected chi connectivity index (χ1v) is 8.30. The summed E-state index contributed by atoms with van der Waals surface area (Å²) in [4.78, 5) is 14.3. The lowest BCUT2D eigenvalue weighted by atomic mass is 9.97. The molecule has 8 nitrogen and oxygen atoms in total. The highest BCUT2D eigenvalue weighted by molar-refractivity contribution is 5.68. The molecule has 1 aliphatic rings. The van der Waals surface area contributed by atoms with Crippen molar-refractivity contribution in [1.29, 1.82) is 0 Å². The maximum atomic E-state index is 12.4. The van der Waals surface area contributed by atoms with Crippen LogP contribution in [0.1, 0.15) is 59.2 Å². The van der Waals surface area contributed by atoms with Gasteiger partial charge in [0.1, 0.15) is 5.60 Å². The van der Waals surface area contributed by atoms with E-state index >= 15 is 0 Å². The molecule has 2 N–H and O–H groups in total. The van der Waals surface area contributed by atoms with Crippen molar-refractivity contribution in [2.45, 2.75) is 77.6 Å². The number of ether oxygens (including phenoxy) is 1. The monoisotopic (exact) mass is 324 g/mol. The van der Waals surface area contributed by atoms with Gasteiger partial charge < -0.3 is 15.0 Å². The van der Waals surface area contributed by atoms with Crippen LogP contribution in [0.4, 0.5) is 4.79 Å². The average molecular weight is 324 g/mol. The zero-order chi connectivity index (χ0) is 16.9. The van der Waals surface area contributed by atoms with Crippen molar-refractivity contribution in [3.63, 3.8) is 0 Å². The van der Waals surface area contributed by atoms with Crippen molar-refractivity contribution in [3.8, 4) is 0 Å². The fourth-order valence-electron chi connectivity index (χ4n) is 2.82. The molecule has 130 valence electrons. The third-order valence-corrected chi connectivity index (χ3v) is 3.88. The summed E-state index contributed by atoms with van der Waals surface area (Å²) in [6, 6.07) is 0.466. The number of carbonyl (C=O) groups is 1. The number of likely N-dealkylation sites (tertiary alicyclic amines) is 1. The first-order valence-electron chi connectivity index (χ1n) is 8.30. The Morgan fingerprint density at radius 3 is 2.91 bits per heavy atom. The Kier molecular flexibility index (Phi) is 5.92. The van der Waals surface area contributed by atoms with E-state index in [2.05, 4.69) is 32.9 Å². The summed E-state index contributed by atoms with van der Waals surface area (Å²) in [5.41, 5.74) is -0.457. The predicted molar refractivity (Wildman–Crippen MR) is 85.7 cm³/mol. The molecule has 0 saturated carbocycles. The van der Waals surface area contributed by atoms with E-state index in [9.17, 15) is 4.79 Å². The number of aromatic amines is 1. The Morgan fingerprint density at radius 2 is 2.26 bits per heavy atom. The third kappa shape index (κ3) is 5.78. The molecule has 1 aromatic heterocycles. The number of amides is 1. The smallest absolute Gasteiger partial charge is 0.410 e. The second-order valence-electron chi connectivity index (χ2n) is 7.17. The first-order chi connectivity index (χ1) is 10.8. The highest BCUT2D eigenvalue weighted by Gasteiger charge is 2.31. The molecule has 1 aliphatic heterocycles. The number of H-pyrrole nitrogens is 1. The molecular weight excluding hydrogens is 296 g/mol. The summed E-state index contributed by atoms with van der Waals surface area (Å²) in [5.74, 6) is 0.643. The molecule has 23 heavy (non-hydrogen) atoms. The largest absolute Gasteiger partial charge is 0.444 e. The molecule has 2 heterocycles. The van der Waals surface area contributed by atoms with Crippen molar-refractivity contribution in [1.82, 2.24) is 30.8 Å². The van der Waals surface area contributed by atoms with E-state index in [0.29, 0.717) is 12.4 Å². The molecule has 1 aromatic rings. The predicted octanol–water partition coefficient (Wildman–Crippen LogP) is 1.86. The van der Waals surface area contributed by atoms with Crippen LogP contribution in [-0.2, 0) is 11.3 Å². The molecule has 2 unspecified atom stereocenters. The summed E-state index contributed by atoms with van der Waals surface area (Å²) >= 11 is 0. The Labute approximate surface area is 137 Å². The Bertz CT molecular complexity index is 485. The Hall–Kier alpha value is -1.70. The maximum Gasteiger partial charge on any atom is 0.410 e. The van der Waals surface area contributed by atoms with Crippen molar-refractivity contribution in [2.75, 3.05) is 6.54 Å². The van der Waals surface area contributed by atoms with Gasteiger partial charge in [-0.1, -0.05) is 5.21 Å². The van der Waals surface area contributed by atoms with Crippen LogP contribution < -0.4 is 5.32 Å². The molecule has 0 radical (unpaired) electrons. The van der Waals surface area contributed by atoms with Crippen LogP contribution in [0.2, 0.25) is 0 Å². The van der Waals surface area contributed by atoms with Gasteiger partial charge in [-0.25, -0.2) is 4.79 Å². The van der Waals surface area contributed by atoms with Crippen molar-refractivity contribution in [2.24, 2.45) is 0 Å². The zero-order valence-corrected chi connectivity index (χ0v) is 14.5. The van der Waals surface area contributed by atoms with Crippen molar-refractivity contribution >= 4 is 6.09 Å². The minimum atomic E-state index is -0.457. The highest BCUT2D eigenvalue weighted by Crippen LogP contribution is 2.23. The van der Waals surface area contributed by atoms with Gasteiger partial charge >= 0.3 is 6.09 Å². The van der Waals surface area contributed by atoms with E-state index in [1.165, 1.54) is 0 Å². The SMILES string of the molecule is CC(CC1CCCCN1C(=O)OC(C)(C)C)NCc1nn[nH]n1. The van der Waals surface area contributed by atoms with Crippen LogP contribution >= 0.6 is 0 Å². The number of nitrogens with zero attached hydrogens (tertiary/aromatic N) is 4. The lowest BCUT2D eigenvalue weighted by molar-refractivity contribution is 0.00788. The fraction of sp³-hybridized carbons (Fsp3) is 0.867. The van der Waals surface area contributed by atoms with Gasteiger partial charge in [-0.3, -0.25) is 0 Å². The van der Waals surface area contributed by atoms with Crippen LogP contribution in [-0.4, -0.2) is 55.8 Å². The molecular formula is C15H28N6O2.